The van der Waals surface area contributed by atoms with E-state index in [9.17, 15) is 9.59 Å². The van der Waals surface area contributed by atoms with Gasteiger partial charge < -0.3 is 14.6 Å². The van der Waals surface area contributed by atoms with Gasteiger partial charge in [-0.2, -0.15) is 0 Å². The molecule has 1 amide bonds. The number of aromatic nitrogens is 3. The summed E-state index contributed by atoms with van der Waals surface area (Å²) in [5.41, 5.74) is 2.00. The molecule has 0 aliphatic carbocycles. The highest BCUT2D eigenvalue weighted by molar-refractivity contribution is 5.81. The average Bonchev–Trinajstić information content (AvgIpc) is 3.07. The van der Waals surface area contributed by atoms with Crippen LogP contribution in [0.2, 0.25) is 0 Å². The molecule has 2 saturated heterocycles. The molecule has 154 valence electrons. The number of amides is 1. The maximum Gasteiger partial charge on any atom is 0.251 e. The van der Waals surface area contributed by atoms with Gasteiger partial charge in [0.05, 0.1) is 12.9 Å². The molecule has 2 aromatic rings. The summed E-state index contributed by atoms with van der Waals surface area (Å²) in [4.78, 5) is 38.0. The van der Waals surface area contributed by atoms with Crippen molar-refractivity contribution < 1.29 is 9.53 Å². The zero-order valence-corrected chi connectivity index (χ0v) is 16.5. The summed E-state index contributed by atoms with van der Waals surface area (Å²) < 4.78 is 7.32. The van der Waals surface area contributed by atoms with Crippen molar-refractivity contribution in [1.29, 1.82) is 0 Å². The molecule has 5 heterocycles. The molecule has 0 aromatic carbocycles. The van der Waals surface area contributed by atoms with E-state index >= 15 is 0 Å². The van der Waals surface area contributed by atoms with Crippen LogP contribution in [0.15, 0.2) is 35.5 Å². The number of nitrogens with zero attached hydrogens (tertiary/aromatic N) is 4. The van der Waals surface area contributed by atoms with Gasteiger partial charge in [0, 0.05) is 74.8 Å². The fraction of sp³-hybridized carbons (Fsp3) is 0.571. The number of hydrogen-bond donors (Lipinski definition) is 1. The molecule has 8 heteroatoms. The lowest BCUT2D eigenvalue weighted by atomic mass is 9.78. The van der Waals surface area contributed by atoms with Gasteiger partial charge in [0.2, 0.25) is 5.91 Å². The Labute approximate surface area is 169 Å². The molecule has 1 N–H and O–H groups in total. The third-order valence-corrected chi connectivity index (χ3v) is 6.46. The third-order valence-electron chi connectivity index (χ3n) is 6.46. The number of pyridine rings is 1. The summed E-state index contributed by atoms with van der Waals surface area (Å²) in [6.45, 7) is 5.01. The van der Waals surface area contributed by atoms with Crippen molar-refractivity contribution in [3.8, 4) is 0 Å². The summed E-state index contributed by atoms with van der Waals surface area (Å²) in [6, 6.07) is 4.99. The number of H-pyrrole nitrogens is 1. The standard InChI is InChI=1S/C21H27N5O3/c27-19-4-1-3-18-15-9-16(12-24(11-15)13-17-10-22-14-23-17)20(26(18)19)21(28)25-5-2-7-29-8-6-25/h1,3-4,10,14-16,20H,2,5-9,11-13H2,(H,22,23)/t15-,16+,20-/m1/s1. The normalized spacial score (nSPS) is 27.3. The van der Waals surface area contributed by atoms with Crippen LogP contribution in [0.3, 0.4) is 0 Å². The molecule has 8 nitrogen and oxygen atoms in total. The van der Waals surface area contributed by atoms with Crippen LogP contribution < -0.4 is 5.56 Å². The van der Waals surface area contributed by atoms with Crippen molar-refractivity contribution in [2.24, 2.45) is 5.92 Å². The first-order valence-corrected chi connectivity index (χ1v) is 10.5. The van der Waals surface area contributed by atoms with Gasteiger partial charge in [-0.3, -0.25) is 19.1 Å². The summed E-state index contributed by atoms with van der Waals surface area (Å²) >= 11 is 0. The number of carbonyl (C=O) groups is 1. The minimum absolute atomic E-state index is 0.0661. The number of likely N-dealkylation sites (tertiary alicyclic amines) is 1. The molecule has 0 saturated carbocycles. The van der Waals surface area contributed by atoms with Crippen molar-refractivity contribution in [2.75, 3.05) is 39.4 Å². The van der Waals surface area contributed by atoms with Crippen molar-refractivity contribution >= 4 is 5.91 Å². The fourth-order valence-electron chi connectivity index (χ4n) is 5.24. The smallest absolute Gasteiger partial charge is 0.251 e. The maximum absolute atomic E-state index is 13.6. The Morgan fingerprint density at radius 1 is 1.24 bits per heavy atom. The summed E-state index contributed by atoms with van der Waals surface area (Å²) in [6.07, 6.45) is 5.34. The maximum atomic E-state index is 13.6. The Hall–Kier alpha value is -2.45. The van der Waals surface area contributed by atoms with Gasteiger partial charge in [0.1, 0.15) is 6.04 Å². The molecular formula is C21H27N5O3. The molecule has 3 atom stereocenters. The van der Waals surface area contributed by atoms with Crippen LogP contribution in [-0.4, -0.2) is 69.6 Å². The third kappa shape index (κ3) is 3.51. The van der Waals surface area contributed by atoms with Crippen molar-refractivity contribution in [3.63, 3.8) is 0 Å². The number of carbonyl (C=O) groups excluding carboxylic acids is 1. The van der Waals surface area contributed by atoms with Crippen molar-refractivity contribution in [1.82, 2.24) is 24.3 Å². The van der Waals surface area contributed by atoms with Crippen LogP contribution >= 0.6 is 0 Å². The average molecular weight is 397 g/mol. The molecule has 0 unspecified atom stereocenters. The first-order valence-electron chi connectivity index (χ1n) is 10.5. The van der Waals surface area contributed by atoms with E-state index in [2.05, 4.69) is 14.9 Å². The molecule has 2 aromatic heterocycles. The summed E-state index contributed by atoms with van der Waals surface area (Å²) in [5.74, 6) is 0.458. The minimum Gasteiger partial charge on any atom is -0.380 e. The van der Waals surface area contributed by atoms with Crippen molar-refractivity contribution in [2.45, 2.75) is 31.3 Å². The molecule has 29 heavy (non-hydrogen) atoms. The first kappa shape index (κ1) is 18.6. The van der Waals surface area contributed by atoms with E-state index in [0.29, 0.717) is 26.3 Å². The molecule has 2 fully saturated rings. The van der Waals surface area contributed by atoms with E-state index in [1.165, 1.54) is 0 Å². The number of rotatable bonds is 3. The number of nitrogens with one attached hydrogen (secondary N) is 1. The number of fused-ring (bicyclic) bond motifs is 4. The predicted molar refractivity (Wildman–Crippen MR) is 106 cm³/mol. The fourth-order valence-corrected chi connectivity index (χ4v) is 5.24. The SMILES string of the molecule is O=C([C@H]1[C@H]2C[C@H](CN(Cc3cnc[nH]3)C2)c2cccc(=O)n21)N1CCCOCC1. The zero-order valence-electron chi connectivity index (χ0n) is 16.5. The van der Waals surface area contributed by atoms with Gasteiger partial charge in [0.25, 0.3) is 5.56 Å². The van der Waals surface area contributed by atoms with E-state index in [4.69, 9.17) is 4.74 Å². The lowest BCUT2D eigenvalue weighted by Gasteiger charge is -2.47. The van der Waals surface area contributed by atoms with Crippen LogP contribution in [0, 0.1) is 5.92 Å². The first-order chi connectivity index (χ1) is 14.2. The quantitative estimate of drug-likeness (QED) is 0.835. The van der Waals surface area contributed by atoms with Gasteiger partial charge in [0.15, 0.2) is 0 Å². The number of imidazole rings is 1. The van der Waals surface area contributed by atoms with Gasteiger partial charge in [-0.1, -0.05) is 6.07 Å². The second-order valence-corrected chi connectivity index (χ2v) is 8.36. The monoisotopic (exact) mass is 397 g/mol. The highest BCUT2D eigenvalue weighted by atomic mass is 16.5. The highest BCUT2D eigenvalue weighted by Crippen LogP contribution is 2.42. The highest BCUT2D eigenvalue weighted by Gasteiger charge is 2.44. The Balaban J connectivity index is 1.48. The molecular weight excluding hydrogens is 370 g/mol. The molecule has 3 aliphatic rings. The second-order valence-electron chi connectivity index (χ2n) is 8.36. The Kier molecular flexibility index (Phi) is 4.97. The Morgan fingerprint density at radius 2 is 2.17 bits per heavy atom. The van der Waals surface area contributed by atoms with E-state index < -0.39 is 6.04 Å². The molecule has 2 bridgehead atoms. The summed E-state index contributed by atoms with van der Waals surface area (Å²) in [5, 5.41) is 0. The predicted octanol–water partition coefficient (Wildman–Crippen LogP) is 0.981. The van der Waals surface area contributed by atoms with Gasteiger partial charge in [-0.25, -0.2) is 4.98 Å². The lowest BCUT2D eigenvalue weighted by molar-refractivity contribution is -0.138. The van der Waals surface area contributed by atoms with Crippen LogP contribution in [0.5, 0.6) is 0 Å². The second kappa shape index (κ2) is 7.76. The Bertz CT molecular complexity index is 917. The van der Waals surface area contributed by atoms with Gasteiger partial charge >= 0.3 is 0 Å². The molecule has 3 aliphatic heterocycles. The summed E-state index contributed by atoms with van der Waals surface area (Å²) in [7, 11) is 0. The molecule has 0 radical (unpaired) electrons. The van der Waals surface area contributed by atoms with Gasteiger partial charge in [-0.15, -0.1) is 0 Å². The van der Waals surface area contributed by atoms with E-state index in [1.807, 2.05) is 23.2 Å². The largest absolute Gasteiger partial charge is 0.380 e. The van der Waals surface area contributed by atoms with Crippen LogP contribution in [0.4, 0.5) is 0 Å². The topological polar surface area (TPSA) is 83.5 Å². The van der Waals surface area contributed by atoms with Crippen LogP contribution in [-0.2, 0) is 16.1 Å². The number of aromatic amines is 1. The van der Waals surface area contributed by atoms with E-state index in [1.54, 1.807) is 17.0 Å². The van der Waals surface area contributed by atoms with Crippen molar-refractivity contribution in [3.05, 3.63) is 52.5 Å². The zero-order chi connectivity index (χ0) is 19.8. The Morgan fingerprint density at radius 3 is 3.03 bits per heavy atom. The molecule has 0 spiro atoms. The number of hydrogen-bond acceptors (Lipinski definition) is 5. The number of ether oxygens (including phenoxy) is 1. The molecule has 5 rings (SSSR count). The minimum atomic E-state index is -0.433. The number of piperidine rings is 1. The van der Waals surface area contributed by atoms with Gasteiger partial charge in [-0.05, 0) is 18.9 Å². The van der Waals surface area contributed by atoms with Crippen LogP contribution in [0.25, 0.3) is 0 Å². The van der Waals surface area contributed by atoms with E-state index in [0.717, 1.165) is 43.9 Å². The van der Waals surface area contributed by atoms with Crippen LogP contribution in [0.1, 0.15) is 36.2 Å². The lowest BCUT2D eigenvalue weighted by Crippen LogP contribution is -2.54. The van der Waals surface area contributed by atoms with E-state index in [-0.39, 0.29) is 23.3 Å².